The van der Waals surface area contributed by atoms with E-state index >= 15 is 0 Å². The van der Waals surface area contributed by atoms with Gasteiger partial charge in [-0.15, -0.1) is 0 Å². The summed E-state index contributed by atoms with van der Waals surface area (Å²) in [5.41, 5.74) is 3.12. The number of benzene rings is 4. The van der Waals surface area contributed by atoms with E-state index in [0.717, 1.165) is 27.5 Å². The molecule has 4 aromatic carbocycles. The average molecular weight is 670 g/mol. The Labute approximate surface area is 266 Å². The molecule has 222 valence electrons. The molecule has 0 unspecified atom stereocenters. The molecule has 44 heavy (non-hydrogen) atoms. The fraction of sp³-hybridized carbons (Fsp3) is 0.171. The van der Waals surface area contributed by atoms with Crippen molar-refractivity contribution in [3.63, 3.8) is 0 Å². The predicted molar refractivity (Wildman–Crippen MR) is 176 cm³/mol. The number of nitrogens with zero attached hydrogens (tertiary/aromatic N) is 2. The number of rotatable bonds is 8. The summed E-state index contributed by atoms with van der Waals surface area (Å²) in [6.07, 6.45) is 1.87. The largest absolute Gasteiger partial charge is 0.496 e. The fourth-order valence-electron chi connectivity index (χ4n) is 5.38. The molecular weight excluding hydrogens is 640 g/mol. The molecule has 1 aromatic heterocycles. The summed E-state index contributed by atoms with van der Waals surface area (Å²) in [6.45, 7) is 4.11. The van der Waals surface area contributed by atoms with Gasteiger partial charge in [0.15, 0.2) is 4.80 Å². The highest BCUT2D eigenvalue weighted by Crippen LogP contribution is 2.35. The summed E-state index contributed by atoms with van der Waals surface area (Å²) < 4.78 is 19.9. The molecule has 1 aliphatic heterocycles. The van der Waals surface area contributed by atoms with E-state index in [2.05, 4.69) is 15.9 Å². The first-order chi connectivity index (χ1) is 21.4. The normalized spacial score (nSPS) is 14.7. The van der Waals surface area contributed by atoms with Crippen molar-refractivity contribution >= 4 is 50.1 Å². The van der Waals surface area contributed by atoms with Crippen molar-refractivity contribution in [3.8, 4) is 11.5 Å². The summed E-state index contributed by atoms with van der Waals surface area (Å²) in [6, 6.07) is 26.7. The molecule has 7 nitrogen and oxygen atoms in total. The molecule has 0 fully saturated rings. The Morgan fingerprint density at radius 2 is 1.77 bits per heavy atom. The topological polar surface area (TPSA) is 79.1 Å². The number of thiazole rings is 1. The maximum absolute atomic E-state index is 14.3. The Bertz CT molecular complexity index is 2100. The number of carbonyl (C=O) groups excluding carboxylic acids is 1. The third-order valence-electron chi connectivity index (χ3n) is 7.45. The summed E-state index contributed by atoms with van der Waals surface area (Å²) in [4.78, 5) is 32.8. The molecule has 2 heterocycles. The monoisotopic (exact) mass is 668 g/mol. The molecule has 1 atom stereocenters. The number of halogens is 1. The standard InChI is InChI=1S/C35H29BrN2O5S/c1-4-42-34(40)31-21(2)37-35-38(32(31)24-15-17-29(41-3)27(36)18-24)33(39)30(44-35)19-26-25-13-9-8-12-23(25)14-16-28(26)43-20-22-10-6-5-7-11-22/h5-19,32H,4,20H2,1-3H3/b30-19+/t32-/m0/s1. The lowest BCUT2D eigenvalue weighted by Gasteiger charge is -2.25. The third kappa shape index (κ3) is 5.60. The number of ether oxygens (including phenoxy) is 3. The molecule has 0 saturated carbocycles. The zero-order valence-electron chi connectivity index (χ0n) is 24.4. The van der Waals surface area contributed by atoms with Crippen molar-refractivity contribution in [1.29, 1.82) is 0 Å². The number of aromatic nitrogens is 1. The van der Waals surface area contributed by atoms with Gasteiger partial charge in [0.2, 0.25) is 0 Å². The minimum absolute atomic E-state index is 0.200. The van der Waals surface area contributed by atoms with Crippen LogP contribution in [-0.4, -0.2) is 24.3 Å². The van der Waals surface area contributed by atoms with E-state index in [9.17, 15) is 9.59 Å². The smallest absolute Gasteiger partial charge is 0.338 e. The van der Waals surface area contributed by atoms with Gasteiger partial charge in [-0.3, -0.25) is 9.36 Å². The van der Waals surface area contributed by atoms with E-state index in [0.29, 0.717) is 43.2 Å². The van der Waals surface area contributed by atoms with Gasteiger partial charge in [0.1, 0.15) is 18.1 Å². The molecule has 5 aromatic rings. The molecule has 0 saturated heterocycles. The lowest BCUT2D eigenvalue weighted by atomic mass is 9.96. The predicted octanol–water partition coefficient (Wildman–Crippen LogP) is 6.30. The maximum atomic E-state index is 14.3. The molecule has 9 heteroatoms. The van der Waals surface area contributed by atoms with E-state index < -0.39 is 12.0 Å². The highest BCUT2D eigenvalue weighted by Gasteiger charge is 2.33. The minimum Gasteiger partial charge on any atom is -0.496 e. The van der Waals surface area contributed by atoms with Crippen LogP contribution >= 0.6 is 27.3 Å². The molecule has 0 N–H and O–H groups in total. The van der Waals surface area contributed by atoms with Crippen LogP contribution in [0.5, 0.6) is 11.5 Å². The molecule has 6 rings (SSSR count). The van der Waals surface area contributed by atoms with Crippen LogP contribution in [-0.2, 0) is 16.1 Å². The zero-order chi connectivity index (χ0) is 30.8. The maximum Gasteiger partial charge on any atom is 0.338 e. The van der Waals surface area contributed by atoms with Crippen LogP contribution in [0.4, 0.5) is 0 Å². The number of methoxy groups -OCH3 is 1. The number of carbonyl (C=O) groups is 1. The van der Waals surface area contributed by atoms with E-state index in [4.69, 9.17) is 19.2 Å². The average Bonchev–Trinajstić information content (AvgIpc) is 3.34. The Kier molecular flexibility index (Phi) is 8.50. The molecule has 0 amide bonds. The van der Waals surface area contributed by atoms with E-state index in [-0.39, 0.29) is 12.2 Å². The van der Waals surface area contributed by atoms with Gasteiger partial charge in [-0.1, -0.05) is 78.1 Å². The number of esters is 1. The van der Waals surface area contributed by atoms with Crippen molar-refractivity contribution in [1.82, 2.24) is 4.57 Å². The Morgan fingerprint density at radius 1 is 1.02 bits per heavy atom. The molecule has 0 aliphatic carbocycles. The van der Waals surface area contributed by atoms with Crippen LogP contribution in [0.3, 0.4) is 0 Å². The van der Waals surface area contributed by atoms with E-state index in [1.165, 1.54) is 11.3 Å². The SMILES string of the molecule is CCOC(=O)C1=C(C)N=c2s/c(=C/c3c(OCc4ccccc4)ccc4ccccc34)c(=O)n2[C@H]1c1ccc(OC)c(Br)c1. The molecule has 0 radical (unpaired) electrons. The van der Waals surface area contributed by atoms with Gasteiger partial charge in [-0.05, 0) is 76.0 Å². The Morgan fingerprint density at radius 3 is 2.52 bits per heavy atom. The molecule has 0 spiro atoms. The lowest BCUT2D eigenvalue weighted by molar-refractivity contribution is -0.139. The van der Waals surface area contributed by atoms with Crippen molar-refractivity contribution in [2.75, 3.05) is 13.7 Å². The van der Waals surface area contributed by atoms with Gasteiger partial charge in [0.25, 0.3) is 5.56 Å². The first-order valence-corrected chi connectivity index (χ1v) is 15.7. The van der Waals surface area contributed by atoms with E-state index in [1.807, 2.05) is 84.9 Å². The number of hydrogen-bond donors (Lipinski definition) is 0. The first kappa shape index (κ1) is 29.6. The quantitative estimate of drug-likeness (QED) is 0.181. The van der Waals surface area contributed by atoms with Crippen LogP contribution in [0.15, 0.2) is 110 Å². The Hall–Kier alpha value is -4.47. The number of hydrogen-bond acceptors (Lipinski definition) is 7. The summed E-state index contributed by atoms with van der Waals surface area (Å²) >= 11 is 4.84. The van der Waals surface area contributed by atoms with Gasteiger partial charge >= 0.3 is 5.97 Å². The highest BCUT2D eigenvalue weighted by atomic mass is 79.9. The Balaban J connectivity index is 1.54. The fourth-order valence-corrected chi connectivity index (χ4v) is 6.96. The van der Waals surface area contributed by atoms with Gasteiger partial charge in [0.05, 0.1) is 40.0 Å². The second-order valence-corrected chi connectivity index (χ2v) is 12.0. The van der Waals surface area contributed by atoms with Crippen LogP contribution in [0.25, 0.3) is 16.8 Å². The van der Waals surface area contributed by atoms with Gasteiger partial charge < -0.3 is 14.2 Å². The summed E-state index contributed by atoms with van der Waals surface area (Å²) in [5, 5.41) is 1.99. The van der Waals surface area contributed by atoms with Crippen molar-refractivity contribution < 1.29 is 19.0 Å². The second kappa shape index (κ2) is 12.6. The number of fused-ring (bicyclic) bond motifs is 2. The molecule has 1 aliphatic rings. The van der Waals surface area contributed by atoms with Crippen molar-refractivity contribution in [2.24, 2.45) is 4.99 Å². The molecular formula is C35H29BrN2O5S. The highest BCUT2D eigenvalue weighted by molar-refractivity contribution is 9.10. The van der Waals surface area contributed by atoms with Gasteiger partial charge in [0, 0.05) is 5.56 Å². The van der Waals surface area contributed by atoms with Gasteiger partial charge in [-0.25, -0.2) is 9.79 Å². The summed E-state index contributed by atoms with van der Waals surface area (Å²) in [5.74, 6) is 0.793. The first-order valence-electron chi connectivity index (χ1n) is 14.1. The number of allylic oxidation sites excluding steroid dienone is 1. The van der Waals surface area contributed by atoms with Crippen molar-refractivity contribution in [2.45, 2.75) is 26.5 Å². The van der Waals surface area contributed by atoms with E-state index in [1.54, 1.807) is 31.6 Å². The van der Waals surface area contributed by atoms with Gasteiger partial charge in [-0.2, -0.15) is 0 Å². The van der Waals surface area contributed by atoms with Crippen LogP contribution < -0.4 is 24.4 Å². The zero-order valence-corrected chi connectivity index (χ0v) is 26.8. The van der Waals surface area contributed by atoms with Crippen LogP contribution in [0, 0.1) is 0 Å². The van der Waals surface area contributed by atoms with Crippen LogP contribution in [0.1, 0.15) is 36.6 Å². The summed E-state index contributed by atoms with van der Waals surface area (Å²) in [7, 11) is 1.59. The minimum atomic E-state index is -0.740. The lowest BCUT2D eigenvalue weighted by Crippen LogP contribution is -2.40. The van der Waals surface area contributed by atoms with Crippen molar-refractivity contribution in [3.05, 3.63) is 137 Å². The third-order valence-corrected chi connectivity index (χ3v) is 9.05. The molecule has 0 bridgehead atoms. The van der Waals surface area contributed by atoms with Crippen LogP contribution in [0.2, 0.25) is 0 Å². The second-order valence-electron chi connectivity index (χ2n) is 10.2.